The molecule has 1 unspecified atom stereocenters. The van der Waals surface area contributed by atoms with Gasteiger partial charge in [-0.25, -0.2) is 0 Å². The van der Waals surface area contributed by atoms with Crippen molar-refractivity contribution in [1.29, 1.82) is 0 Å². The summed E-state index contributed by atoms with van der Waals surface area (Å²) in [6.45, 7) is 3.56. The van der Waals surface area contributed by atoms with Gasteiger partial charge in [0.05, 0.1) is 11.1 Å². The molecule has 0 N–H and O–H groups in total. The standard InChI is InChI=1S/C13H13NO3S/c1-7(2)10(13(17)18)14-11(15)8-5-3-4-6-9(8)12(14)16/h3-7,10H,1-2H3,(H,17,18). The molecule has 5 heteroatoms. The van der Waals surface area contributed by atoms with E-state index in [1.807, 2.05) is 0 Å². The highest BCUT2D eigenvalue weighted by Gasteiger charge is 2.42. The molecule has 0 spiro atoms. The number of hydrogen-bond donors (Lipinski definition) is 1. The zero-order valence-corrected chi connectivity index (χ0v) is 11.0. The summed E-state index contributed by atoms with van der Waals surface area (Å²) in [5.41, 5.74) is 0.700. The van der Waals surface area contributed by atoms with Crippen molar-refractivity contribution in [3.05, 3.63) is 35.4 Å². The number of amides is 2. The summed E-state index contributed by atoms with van der Waals surface area (Å²) in [7, 11) is 0. The first-order valence-electron chi connectivity index (χ1n) is 5.65. The first-order chi connectivity index (χ1) is 8.45. The topological polar surface area (TPSA) is 54.5 Å². The quantitative estimate of drug-likeness (QED) is 0.668. The summed E-state index contributed by atoms with van der Waals surface area (Å²) in [4.78, 5) is 36.9. The Morgan fingerprint density at radius 1 is 1.11 bits per heavy atom. The first kappa shape index (κ1) is 12.8. The molecule has 1 atom stereocenters. The maximum absolute atomic E-state index is 12.2. The minimum Gasteiger partial charge on any atom is -0.285 e. The summed E-state index contributed by atoms with van der Waals surface area (Å²) in [6, 6.07) is 5.76. The SMILES string of the molecule is CC(C)C(C(=O)S)N1C(=O)c2ccccc2C1=O. The summed E-state index contributed by atoms with van der Waals surface area (Å²) in [6.07, 6.45) is 0. The number of rotatable bonds is 3. The molecule has 18 heavy (non-hydrogen) atoms. The predicted molar refractivity (Wildman–Crippen MR) is 69.6 cm³/mol. The van der Waals surface area contributed by atoms with E-state index in [2.05, 4.69) is 12.6 Å². The average Bonchev–Trinajstić information content (AvgIpc) is 2.55. The number of carbonyl (C=O) groups is 3. The molecular weight excluding hydrogens is 250 g/mol. The molecule has 1 heterocycles. The Morgan fingerprint density at radius 3 is 1.89 bits per heavy atom. The lowest BCUT2D eigenvalue weighted by atomic mass is 10.0. The van der Waals surface area contributed by atoms with Crippen LogP contribution < -0.4 is 0 Å². The van der Waals surface area contributed by atoms with Gasteiger partial charge in [0.25, 0.3) is 11.8 Å². The lowest BCUT2D eigenvalue weighted by Crippen LogP contribution is -2.46. The minimum absolute atomic E-state index is 0.169. The predicted octanol–water partition coefficient (Wildman–Crippen LogP) is 1.76. The van der Waals surface area contributed by atoms with Gasteiger partial charge in [-0.15, -0.1) is 12.6 Å². The van der Waals surface area contributed by atoms with Crippen molar-refractivity contribution in [3.8, 4) is 0 Å². The van der Waals surface area contributed by atoms with Gasteiger partial charge in [-0.05, 0) is 18.1 Å². The van der Waals surface area contributed by atoms with Gasteiger partial charge in [0.2, 0.25) is 5.12 Å². The van der Waals surface area contributed by atoms with Crippen molar-refractivity contribution in [2.45, 2.75) is 19.9 Å². The first-order valence-corrected chi connectivity index (χ1v) is 6.09. The van der Waals surface area contributed by atoms with Crippen molar-refractivity contribution in [2.24, 2.45) is 5.92 Å². The Morgan fingerprint density at radius 2 is 1.56 bits per heavy atom. The maximum Gasteiger partial charge on any atom is 0.262 e. The fourth-order valence-corrected chi connectivity index (χ4v) is 2.57. The zero-order chi connectivity index (χ0) is 13.4. The largest absolute Gasteiger partial charge is 0.285 e. The Labute approximate surface area is 110 Å². The van der Waals surface area contributed by atoms with E-state index in [1.54, 1.807) is 38.1 Å². The molecule has 0 bridgehead atoms. The van der Waals surface area contributed by atoms with Crippen molar-refractivity contribution < 1.29 is 14.4 Å². The number of nitrogens with zero attached hydrogens (tertiary/aromatic N) is 1. The van der Waals surface area contributed by atoms with Crippen molar-refractivity contribution in [2.75, 3.05) is 0 Å². The van der Waals surface area contributed by atoms with Gasteiger partial charge in [-0.1, -0.05) is 26.0 Å². The van der Waals surface area contributed by atoms with Gasteiger partial charge in [0.1, 0.15) is 6.04 Å². The lowest BCUT2D eigenvalue weighted by Gasteiger charge is -2.26. The van der Waals surface area contributed by atoms with Crippen LogP contribution in [0.15, 0.2) is 24.3 Å². The van der Waals surface area contributed by atoms with E-state index in [4.69, 9.17) is 0 Å². The lowest BCUT2D eigenvalue weighted by molar-refractivity contribution is -0.115. The summed E-state index contributed by atoms with van der Waals surface area (Å²) >= 11 is 3.78. The number of imide groups is 1. The zero-order valence-electron chi connectivity index (χ0n) is 10.1. The highest BCUT2D eigenvalue weighted by atomic mass is 32.1. The van der Waals surface area contributed by atoms with E-state index < -0.39 is 23.0 Å². The molecule has 0 aliphatic carbocycles. The number of hydrogen-bond acceptors (Lipinski definition) is 3. The third kappa shape index (κ3) is 1.84. The van der Waals surface area contributed by atoms with E-state index in [9.17, 15) is 14.4 Å². The van der Waals surface area contributed by atoms with Crippen LogP contribution in [0.1, 0.15) is 34.6 Å². The van der Waals surface area contributed by atoms with Gasteiger partial charge < -0.3 is 0 Å². The highest BCUT2D eigenvalue weighted by Crippen LogP contribution is 2.27. The summed E-state index contributed by atoms with van der Waals surface area (Å²) < 4.78 is 0. The molecule has 1 aromatic carbocycles. The highest BCUT2D eigenvalue weighted by molar-refractivity contribution is 7.96. The molecule has 1 aliphatic heterocycles. The second-order valence-electron chi connectivity index (χ2n) is 4.55. The Bertz CT molecular complexity index is 504. The van der Waals surface area contributed by atoms with Crippen LogP contribution in [0.2, 0.25) is 0 Å². The molecule has 0 radical (unpaired) electrons. The Kier molecular flexibility index (Phi) is 3.26. The van der Waals surface area contributed by atoms with Crippen LogP contribution in [0.3, 0.4) is 0 Å². The number of carbonyl (C=O) groups excluding carboxylic acids is 3. The maximum atomic E-state index is 12.2. The van der Waals surface area contributed by atoms with E-state index in [-0.39, 0.29) is 5.92 Å². The number of thiol groups is 1. The van der Waals surface area contributed by atoms with Crippen molar-refractivity contribution in [1.82, 2.24) is 4.90 Å². The normalized spacial score (nSPS) is 16.1. The molecular formula is C13H13NO3S. The van der Waals surface area contributed by atoms with Crippen LogP contribution in [0, 0.1) is 5.92 Å². The van der Waals surface area contributed by atoms with Gasteiger partial charge in [-0.2, -0.15) is 0 Å². The van der Waals surface area contributed by atoms with Crippen LogP contribution in [0.25, 0.3) is 0 Å². The monoisotopic (exact) mass is 263 g/mol. The van der Waals surface area contributed by atoms with Crippen LogP contribution in [0.5, 0.6) is 0 Å². The molecule has 0 saturated carbocycles. The average molecular weight is 263 g/mol. The molecule has 1 aliphatic rings. The third-order valence-corrected chi connectivity index (χ3v) is 3.25. The van der Waals surface area contributed by atoms with Crippen LogP contribution >= 0.6 is 12.6 Å². The summed E-state index contributed by atoms with van der Waals surface area (Å²) in [5, 5.41) is -0.473. The van der Waals surface area contributed by atoms with Gasteiger partial charge >= 0.3 is 0 Å². The molecule has 0 fully saturated rings. The molecule has 1 aromatic rings. The van der Waals surface area contributed by atoms with E-state index in [0.29, 0.717) is 11.1 Å². The molecule has 0 aromatic heterocycles. The number of benzene rings is 1. The second-order valence-corrected chi connectivity index (χ2v) is 4.99. The molecule has 0 saturated heterocycles. The smallest absolute Gasteiger partial charge is 0.262 e. The van der Waals surface area contributed by atoms with E-state index in [0.717, 1.165) is 4.90 Å². The van der Waals surface area contributed by atoms with Crippen LogP contribution in [-0.2, 0) is 4.79 Å². The Balaban J connectivity index is 2.47. The van der Waals surface area contributed by atoms with E-state index in [1.165, 1.54) is 0 Å². The van der Waals surface area contributed by atoms with Gasteiger partial charge in [0, 0.05) is 0 Å². The van der Waals surface area contributed by atoms with Crippen LogP contribution in [0.4, 0.5) is 0 Å². The van der Waals surface area contributed by atoms with Gasteiger partial charge in [0.15, 0.2) is 0 Å². The number of fused-ring (bicyclic) bond motifs is 1. The van der Waals surface area contributed by atoms with Crippen molar-refractivity contribution >= 4 is 29.6 Å². The van der Waals surface area contributed by atoms with Gasteiger partial charge in [-0.3, -0.25) is 19.3 Å². The second kappa shape index (κ2) is 4.57. The summed E-state index contributed by atoms with van der Waals surface area (Å²) in [5.74, 6) is -1.01. The van der Waals surface area contributed by atoms with E-state index >= 15 is 0 Å². The molecule has 94 valence electrons. The van der Waals surface area contributed by atoms with Crippen molar-refractivity contribution in [3.63, 3.8) is 0 Å². The minimum atomic E-state index is -0.819. The third-order valence-electron chi connectivity index (χ3n) is 2.99. The fourth-order valence-electron chi connectivity index (χ4n) is 2.15. The van der Waals surface area contributed by atoms with Crippen LogP contribution in [-0.4, -0.2) is 27.9 Å². The molecule has 2 rings (SSSR count). The molecule has 2 amide bonds. The Hall–Kier alpha value is -1.62. The fraction of sp³-hybridized carbons (Fsp3) is 0.308. The molecule has 4 nitrogen and oxygen atoms in total.